The second kappa shape index (κ2) is 3.56. The minimum atomic E-state index is -0.0300. The molecule has 0 saturated carbocycles. The zero-order valence-electron chi connectivity index (χ0n) is 7.23. The fraction of sp³-hybridized carbons (Fsp3) is 0.857. The van der Waals surface area contributed by atoms with E-state index in [-0.39, 0.29) is 5.54 Å². The van der Waals surface area contributed by atoms with Gasteiger partial charge < -0.3 is 5.43 Å². The lowest BCUT2D eigenvalue weighted by Crippen LogP contribution is -2.32. The van der Waals surface area contributed by atoms with Gasteiger partial charge in [0, 0.05) is 6.42 Å². The van der Waals surface area contributed by atoms with Crippen molar-refractivity contribution in [3.05, 3.63) is 0 Å². The second-order valence-corrected chi connectivity index (χ2v) is 3.23. The monoisotopic (exact) mass is 143 g/mol. The van der Waals surface area contributed by atoms with Gasteiger partial charge in [0.1, 0.15) is 5.84 Å². The van der Waals surface area contributed by atoms with Crippen LogP contribution in [0, 0.1) is 0 Å². The molecule has 3 N–H and O–H groups in total. The van der Waals surface area contributed by atoms with Crippen molar-refractivity contribution in [3.63, 3.8) is 0 Å². The summed E-state index contributed by atoms with van der Waals surface area (Å²) in [4.78, 5) is 4.33. The second-order valence-electron chi connectivity index (χ2n) is 3.23. The molecule has 0 heterocycles. The first kappa shape index (κ1) is 9.43. The zero-order chi connectivity index (χ0) is 8.20. The SMILES string of the molecule is CCC(=NC(C)(C)C)NN. The summed E-state index contributed by atoms with van der Waals surface area (Å²) in [5, 5.41) is 0. The molecule has 0 aliphatic carbocycles. The summed E-state index contributed by atoms with van der Waals surface area (Å²) in [6.45, 7) is 8.14. The van der Waals surface area contributed by atoms with Crippen LogP contribution in [0.5, 0.6) is 0 Å². The number of nitrogens with two attached hydrogens (primary N) is 1. The van der Waals surface area contributed by atoms with Crippen LogP contribution in [-0.4, -0.2) is 11.4 Å². The van der Waals surface area contributed by atoms with E-state index in [0.29, 0.717) is 0 Å². The number of hydrogen-bond donors (Lipinski definition) is 2. The molecule has 0 fully saturated rings. The zero-order valence-corrected chi connectivity index (χ0v) is 7.23. The van der Waals surface area contributed by atoms with Gasteiger partial charge >= 0.3 is 0 Å². The van der Waals surface area contributed by atoms with Crippen molar-refractivity contribution < 1.29 is 0 Å². The topological polar surface area (TPSA) is 50.4 Å². The van der Waals surface area contributed by atoms with E-state index in [1.165, 1.54) is 0 Å². The minimum Gasteiger partial charge on any atom is -0.312 e. The molecule has 0 radical (unpaired) electrons. The smallest absolute Gasteiger partial charge is 0.111 e. The summed E-state index contributed by atoms with van der Waals surface area (Å²) < 4.78 is 0. The van der Waals surface area contributed by atoms with E-state index in [4.69, 9.17) is 5.84 Å². The highest BCUT2D eigenvalue weighted by Gasteiger charge is 2.07. The Kier molecular flexibility index (Phi) is 3.36. The number of amidine groups is 1. The van der Waals surface area contributed by atoms with E-state index >= 15 is 0 Å². The Balaban J connectivity index is 4.11. The molecule has 0 saturated heterocycles. The maximum atomic E-state index is 5.21. The van der Waals surface area contributed by atoms with Crippen LogP contribution in [0.4, 0.5) is 0 Å². The Labute approximate surface area is 62.7 Å². The maximum absolute atomic E-state index is 5.21. The molecule has 0 aromatic heterocycles. The molecule has 0 aliphatic heterocycles. The fourth-order valence-corrected chi connectivity index (χ4v) is 0.618. The van der Waals surface area contributed by atoms with E-state index in [9.17, 15) is 0 Å². The molecule has 3 nitrogen and oxygen atoms in total. The van der Waals surface area contributed by atoms with Crippen molar-refractivity contribution in [2.24, 2.45) is 10.8 Å². The Hall–Kier alpha value is -0.570. The molecule has 0 atom stereocenters. The number of nitrogens with one attached hydrogen (secondary N) is 1. The van der Waals surface area contributed by atoms with Crippen molar-refractivity contribution in [1.29, 1.82) is 0 Å². The molecular weight excluding hydrogens is 126 g/mol. The molecule has 0 rings (SSSR count). The van der Waals surface area contributed by atoms with Crippen molar-refractivity contribution >= 4 is 5.84 Å². The van der Waals surface area contributed by atoms with E-state index in [1.54, 1.807) is 0 Å². The molecule has 0 aromatic carbocycles. The predicted octanol–water partition coefficient (Wildman–Crippen LogP) is 1.06. The first-order chi connectivity index (χ1) is 4.49. The van der Waals surface area contributed by atoms with Gasteiger partial charge in [-0.05, 0) is 20.8 Å². The van der Waals surface area contributed by atoms with Gasteiger partial charge in [0.25, 0.3) is 0 Å². The van der Waals surface area contributed by atoms with E-state index in [1.807, 2.05) is 27.7 Å². The average Bonchev–Trinajstić information content (AvgIpc) is 1.81. The highest BCUT2D eigenvalue weighted by atomic mass is 15.3. The third-order valence-electron chi connectivity index (χ3n) is 0.972. The van der Waals surface area contributed by atoms with Crippen LogP contribution in [0.2, 0.25) is 0 Å². The van der Waals surface area contributed by atoms with Gasteiger partial charge in [-0.25, -0.2) is 5.84 Å². The van der Waals surface area contributed by atoms with Crippen LogP contribution in [-0.2, 0) is 0 Å². The fourth-order valence-electron chi connectivity index (χ4n) is 0.618. The number of aliphatic imine (C=N–C) groups is 1. The third-order valence-corrected chi connectivity index (χ3v) is 0.972. The van der Waals surface area contributed by atoms with Gasteiger partial charge in [-0.1, -0.05) is 6.92 Å². The number of hydrazine groups is 1. The highest BCUT2D eigenvalue weighted by Crippen LogP contribution is 2.06. The van der Waals surface area contributed by atoms with Gasteiger partial charge in [0.2, 0.25) is 0 Å². The van der Waals surface area contributed by atoms with Crippen molar-refractivity contribution in [1.82, 2.24) is 5.43 Å². The van der Waals surface area contributed by atoms with Crippen LogP contribution in [0.1, 0.15) is 34.1 Å². The molecule has 3 heteroatoms. The molecule has 0 spiro atoms. The molecule has 60 valence electrons. The lowest BCUT2D eigenvalue weighted by molar-refractivity contribution is 0.577. The Bertz CT molecular complexity index is 115. The summed E-state index contributed by atoms with van der Waals surface area (Å²) in [5.41, 5.74) is 2.53. The van der Waals surface area contributed by atoms with E-state index in [0.717, 1.165) is 12.3 Å². The lowest BCUT2D eigenvalue weighted by atomic mass is 10.1. The molecule has 0 aliphatic rings. The number of rotatable bonds is 1. The van der Waals surface area contributed by atoms with Gasteiger partial charge in [-0.15, -0.1) is 0 Å². The summed E-state index contributed by atoms with van der Waals surface area (Å²) in [6, 6.07) is 0. The van der Waals surface area contributed by atoms with Crippen molar-refractivity contribution in [3.8, 4) is 0 Å². The quantitative estimate of drug-likeness (QED) is 0.249. The van der Waals surface area contributed by atoms with Gasteiger partial charge in [-0.2, -0.15) is 0 Å². The van der Waals surface area contributed by atoms with Gasteiger partial charge in [0.15, 0.2) is 0 Å². The summed E-state index contributed by atoms with van der Waals surface area (Å²) >= 11 is 0. The van der Waals surface area contributed by atoms with E-state index in [2.05, 4.69) is 10.4 Å². The molecule has 10 heavy (non-hydrogen) atoms. The van der Waals surface area contributed by atoms with Crippen molar-refractivity contribution in [2.45, 2.75) is 39.7 Å². The molecule has 0 aromatic rings. The Morgan fingerprint density at radius 1 is 1.50 bits per heavy atom. The van der Waals surface area contributed by atoms with Crippen LogP contribution in [0.25, 0.3) is 0 Å². The van der Waals surface area contributed by atoms with Crippen LogP contribution in [0.15, 0.2) is 4.99 Å². The van der Waals surface area contributed by atoms with Crippen molar-refractivity contribution in [2.75, 3.05) is 0 Å². The van der Waals surface area contributed by atoms with E-state index < -0.39 is 0 Å². The average molecular weight is 143 g/mol. The molecular formula is C7H17N3. The maximum Gasteiger partial charge on any atom is 0.111 e. The molecule has 0 bridgehead atoms. The molecule has 0 amide bonds. The highest BCUT2D eigenvalue weighted by molar-refractivity contribution is 5.81. The first-order valence-electron chi connectivity index (χ1n) is 3.55. The minimum absolute atomic E-state index is 0.0300. The standard InChI is InChI=1S/C7H17N3/c1-5-6(10-8)9-7(2,3)4/h5,8H2,1-4H3,(H,9,10). The molecule has 0 unspecified atom stereocenters. The van der Waals surface area contributed by atoms with Gasteiger partial charge in [-0.3, -0.25) is 4.99 Å². The van der Waals surface area contributed by atoms with Crippen LogP contribution >= 0.6 is 0 Å². The summed E-state index contributed by atoms with van der Waals surface area (Å²) in [7, 11) is 0. The third kappa shape index (κ3) is 4.32. The number of hydrogen-bond acceptors (Lipinski definition) is 2. The van der Waals surface area contributed by atoms with Crippen LogP contribution in [0.3, 0.4) is 0 Å². The lowest BCUT2D eigenvalue weighted by Gasteiger charge is -2.14. The predicted molar refractivity (Wildman–Crippen MR) is 44.8 cm³/mol. The van der Waals surface area contributed by atoms with Gasteiger partial charge in [0.05, 0.1) is 5.54 Å². The summed E-state index contributed by atoms with van der Waals surface area (Å²) in [5.74, 6) is 6.06. The number of nitrogens with zero attached hydrogens (tertiary/aromatic N) is 1. The summed E-state index contributed by atoms with van der Waals surface area (Å²) in [6.07, 6.45) is 0.855. The Morgan fingerprint density at radius 3 is 2.10 bits per heavy atom. The Morgan fingerprint density at radius 2 is 2.00 bits per heavy atom. The largest absolute Gasteiger partial charge is 0.312 e. The van der Waals surface area contributed by atoms with Crippen LogP contribution < -0.4 is 11.3 Å². The first-order valence-corrected chi connectivity index (χ1v) is 3.55. The normalized spacial score (nSPS) is 13.5.